The molecule has 96 valence electrons. The third kappa shape index (κ3) is 2.40. The Kier molecular flexibility index (Phi) is 3.10. The second-order valence-electron chi connectivity index (χ2n) is 4.40. The van der Waals surface area contributed by atoms with Crippen molar-refractivity contribution in [1.82, 2.24) is 9.97 Å². The lowest BCUT2D eigenvalue weighted by Gasteiger charge is -2.29. The molecule has 1 N–H and O–H groups in total. The van der Waals surface area contributed by atoms with Gasteiger partial charge in [-0.25, -0.2) is 9.78 Å². The molecule has 5 heteroatoms. The molecule has 5 nitrogen and oxygen atoms in total. The van der Waals surface area contributed by atoms with Gasteiger partial charge in [0, 0.05) is 24.6 Å². The Balaban J connectivity index is 1.82. The van der Waals surface area contributed by atoms with Crippen LogP contribution in [-0.4, -0.2) is 22.5 Å². The van der Waals surface area contributed by atoms with Crippen LogP contribution in [0.3, 0.4) is 0 Å². The SMILES string of the molecule is O=C(Nc1cnccn1)N1CCCc2ccccc21. The number of anilines is 2. The average molecular weight is 254 g/mol. The number of aromatic nitrogens is 2. The number of carbonyl (C=O) groups is 1. The number of benzene rings is 1. The van der Waals surface area contributed by atoms with E-state index < -0.39 is 0 Å². The number of para-hydroxylation sites is 1. The summed E-state index contributed by atoms with van der Waals surface area (Å²) in [5.41, 5.74) is 2.19. The normalized spacial score (nSPS) is 13.8. The van der Waals surface area contributed by atoms with Crippen LogP contribution in [0, 0.1) is 0 Å². The Morgan fingerprint density at radius 3 is 3.00 bits per heavy atom. The van der Waals surface area contributed by atoms with E-state index in [1.54, 1.807) is 17.3 Å². The maximum absolute atomic E-state index is 12.3. The van der Waals surface area contributed by atoms with Gasteiger partial charge in [0.25, 0.3) is 0 Å². The first kappa shape index (κ1) is 11.6. The van der Waals surface area contributed by atoms with E-state index >= 15 is 0 Å². The molecular formula is C14H14N4O. The third-order valence-corrected chi connectivity index (χ3v) is 3.15. The maximum atomic E-state index is 12.3. The molecule has 0 saturated heterocycles. The van der Waals surface area contributed by atoms with Gasteiger partial charge in [-0.2, -0.15) is 0 Å². The number of carbonyl (C=O) groups excluding carboxylic acids is 1. The van der Waals surface area contributed by atoms with E-state index in [-0.39, 0.29) is 6.03 Å². The zero-order valence-electron chi connectivity index (χ0n) is 10.4. The molecule has 0 spiro atoms. The second kappa shape index (κ2) is 5.06. The number of fused-ring (bicyclic) bond motifs is 1. The highest BCUT2D eigenvalue weighted by molar-refractivity contribution is 6.01. The molecule has 2 amide bonds. The lowest BCUT2D eigenvalue weighted by molar-refractivity contribution is 0.256. The molecule has 3 rings (SSSR count). The van der Waals surface area contributed by atoms with Crippen molar-refractivity contribution in [3.05, 3.63) is 48.4 Å². The molecule has 0 aliphatic carbocycles. The minimum absolute atomic E-state index is 0.160. The molecule has 1 aromatic heterocycles. The fourth-order valence-corrected chi connectivity index (χ4v) is 2.29. The molecule has 19 heavy (non-hydrogen) atoms. The number of aryl methyl sites for hydroxylation is 1. The van der Waals surface area contributed by atoms with E-state index in [1.165, 1.54) is 11.8 Å². The number of rotatable bonds is 1. The van der Waals surface area contributed by atoms with Gasteiger partial charge in [0.15, 0.2) is 5.82 Å². The van der Waals surface area contributed by atoms with E-state index in [2.05, 4.69) is 21.4 Å². The van der Waals surface area contributed by atoms with E-state index in [1.807, 2.05) is 18.2 Å². The molecule has 0 saturated carbocycles. The van der Waals surface area contributed by atoms with Crippen LogP contribution in [0.2, 0.25) is 0 Å². The van der Waals surface area contributed by atoms with Gasteiger partial charge in [0.2, 0.25) is 0 Å². The van der Waals surface area contributed by atoms with Crippen LogP contribution in [0.25, 0.3) is 0 Å². The van der Waals surface area contributed by atoms with Gasteiger partial charge in [0.1, 0.15) is 0 Å². The highest BCUT2D eigenvalue weighted by Gasteiger charge is 2.22. The summed E-state index contributed by atoms with van der Waals surface area (Å²) in [5.74, 6) is 0.468. The zero-order chi connectivity index (χ0) is 13.1. The van der Waals surface area contributed by atoms with Gasteiger partial charge in [0.05, 0.1) is 6.20 Å². The van der Waals surface area contributed by atoms with Crippen molar-refractivity contribution in [3.63, 3.8) is 0 Å². The molecular weight excluding hydrogens is 240 g/mol. The van der Waals surface area contributed by atoms with Crippen LogP contribution < -0.4 is 10.2 Å². The van der Waals surface area contributed by atoms with Crippen LogP contribution >= 0.6 is 0 Å². The summed E-state index contributed by atoms with van der Waals surface area (Å²) >= 11 is 0. The summed E-state index contributed by atoms with van der Waals surface area (Å²) in [7, 11) is 0. The van der Waals surface area contributed by atoms with E-state index in [0.29, 0.717) is 5.82 Å². The Morgan fingerprint density at radius 1 is 1.26 bits per heavy atom. The van der Waals surface area contributed by atoms with Crippen LogP contribution in [0.15, 0.2) is 42.9 Å². The quantitative estimate of drug-likeness (QED) is 0.850. The van der Waals surface area contributed by atoms with E-state index in [0.717, 1.165) is 25.1 Å². The van der Waals surface area contributed by atoms with Gasteiger partial charge in [-0.05, 0) is 24.5 Å². The maximum Gasteiger partial charge on any atom is 0.327 e. The van der Waals surface area contributed by atoms with E-state index in [9.17, 15) is 4.79 Å². The van der Waals surface area contributed by atoms with Crippen molar-refractivity contribution in [2.75, 3.05) is 16.8 Å². The van der Waals surface area contributed by atoms with Crippen molar-refractivity contribution >= 4 is 17.5 Å². The van der Waals surface area contributed by atoms with E-state index in [4.69, 9.17) is 0 Å². The summed E-state index contributed by atoms with van der Waals surface area (Å²) < 4.78 is 0. The standard InChI is InChI=1S/C14H14N4O/c19-14(17-13-10-15-7-8-16-13)18-9-3-5-11-4-1-2-6-12(11)18/h1-2,4,6-8,10H,3,5,9H2,(H,16,17,19). The molecule has 2 heterocycles. The lowest BCUT2D eigenvalue weighted by Crippen LogP contribution is -2.38. The molecule has 0 radical (unpaired) electrons. The predicted molar refractivity (Wildman–Crippen MR) is 73.2 cm³/mol. The largest absolute Gasteiger partial charge is 0.327 e. The molecule has 0 atom stereocenters. The summed E-state index contributed by atoms with van der Waals surface area (Å²) in [5, 5.41) is 2.77. The Bertz CT molecular complexity index is 585. The zero-order valence-corrected chi connectivity index (χ0v) is 10.4. The van der Waals surface area contributed by atoms with Crippen LogP contribution in [0.4, 0.5) is 16.3 Å². The second-order valence-corrected chi connectivity index (χ2v) is 4.40. The summed E-state index contributed by atoms with van der Waals surface area (Å²) in [6.07, 6.45) is 6.66. The van der Waals surface area contributed by atoms with Crippen molar-refractivity contribution < 1.29 is 4.79 Å². The van der Waals surface area contributed by atoms with Crippen LogP contribution in [-0.2, 0) is 6.42 Å². The molecule has 0 bridgehead atoms. The van der Waals surface area contributed by atoms with Gasteiger partial charge in [-0.3, -0.25) is 15.2 Å². The molecule has 1 aliphatic heterocycles. The number of nitrogens with one attached hydrogen (secondary N) is 1. The molecule has 0 fully saturated rings. The first-order valence-corrected chi connectivity index (χ1v) is 6.27. The molecule has 1 aliphatic rings. The Morgan fingerprint density at radius 2 is 2.16 bits per heavy atom. The van der Waals surface area contributed by atoms with Gasteiger partial charge >= 0.3 is 6.03 Å². The number of amides is 2. The van der Waals surface area contributed by atoms with Crippen molar-refractivity contribution in [2.24, 2.45) is 0 Å². The number of nitrogens with zero attached hydrogens (tertiary/aromatic N) is 3. The Labute approximate surface area is 111 Å². The fraction of sp³-hybridized carbons (Fsp3) is 0.214. The van der Waals surface area contributed by atoms with Crippen molar-refractivity contribution in [2.45, 2.75) is 12.8 Å². The van der Waals surface area contributed by atoms with Gasteiger partial charge in [-0.15, -0.1) is 0 Å². The molecule has 0 unspecified atom stereocenters. The first-order chi connectivity index (χ1) is 9.34. The highest BCUT2D eigenvalue weighted by Crippen LogP contribution is 2.26. The van der Waals surface area contributed by atoms with Crippen molar-refractivity contribution in [3.8, 4) is 0 Å². The summed E-state index contributed by atoms with van der Waals surface area (Å²) in [6, 6.07) is 7.84. The fourth-order valence-electron chi connectivity index (χ4n) is 2.29. The smallest absolute Gasteiger partial charge is 0.294 e. The first-order valence-electron chi connectivity index (χ1n) is 6.27. The summed E-state index contributed by atoms with van der Waals surface area (Å²) in [6.45, 7) is 0.725. The van der Waals surface area contributed by atoms with Crippen LogP contribution in [0.1, 0.15) is 12.0 Å². The summed E-state index contributed by atoms with van der Waals surface area (Å²) in [4.78, 5) is 22.0. The van der Waals surface area contributed by atoms with Gasteiger partial charge < -0.3 is 0 Å². The third-order valence-electron chi connectivity index (χ3n) is 3.15. The number of hydrogen-bond acceptors (Lipinski definition) is 3. The Hall–Kier alpha value is -2.43. The minimum atomic E-state index is -0.160. The highest BCUT2D eigenvalue weighted by atomic mass is 16.2. The van der Waals surface area contributed by atoms with Gasteiger partial charge in [-0.1, -0.05) is 18.2 Å². The monoisotopic (exact) mass is 254 g/mol. The minimum Gasteiger partial charge on any atom is -0.294 e. The topological polar surface area (TPSA) is 58.1 Å². The average Bonchev–Trinajstić information content (AvgIpc) is 2.47. The molecule has 1 aromatic carbocycles. The number of hydrogen-bond donors (Lipinski definition) is 1. The number of urea groups is 1. The van der Waals surface area contributed by atoms with Crippen molar-refractivity contribution in [1.29, 1.82) is 0 Å². The van der Waals surface area contributed by atoms with Crippen LogP contribution in [0.5, 0.6) is 0 Å². The predicted octanol–water partition coefficient (Wildman–Crippen LogP) is 2.46. The molecule has 2 aromatic rings. The lowest BCUT2D eigenvalue weighted by atomic mass is 10.0.